The summed E-state index contributed by atoms with van der Waals surface area (Å²) >= 11 is 0. The lowest BCUT2D eigenvalue weighted by molar-refractivity contribution is 0.444. The topological polar surface area (TPSA) is 32.8 Å². The van der Waals surface area contributed by atoms with Crippen molar-refractivity contribution in [2.45, 2.75) is 38.0 Å². The molecule has 4 nitrogen and oxygen atoms in total. The highest BCUT2D eigenvalue weighted by Gasteiger charge is 2.30. The summed E-state index contributed by atoms with van der Waals surface area (Å²) in [5.41, 5.74) is 15.4. The fourth-order valence-electron chi connectivity index (χ4n) is 12.6. The first kappa shape index (κ1) is 42.6. The second kappa shape index (κ2) is 17.3. The number of hydrogen-bond acceptors (Lipinski definition) is 4. The Morgan fingerprint density at radius 1 is 0.311 bits per heavy atom. The lowest BCUT2D eigenvalue weighted by Crippen LogP contribution is -2.16. The molecule has 0 amide bonds. The van der Waals surface area contributed by atoms with Crippen molar-refractivity contribution in [3.05, 3.63) is 242 Å². The van der Waals surface area contributed by atoms with E-state index in [1.807, 2.05) is 0 Å². The number of para-hydroxylation sites is 6. The molecule has 4 heteroatoms. The van der Waals surface area contributed by atoms with Crippen LogP contribution in [0.15, 0.2) is 245 Å². The number of rotatable bonds is 9. The van der Waals surface area contributed by atoms with Crippen LogP contribution in [0.3, 0.4) is 0 Å². The Labute approximate surface area is 429 Å². The number of nitrogens with zero attached hydrogens (tertiary/aromatic N) is 2. The maximum Gasteiger partial charge on any atom is 0.159 e. The Balaban J connectivity index is 1.11. The van der Waals surface area contributed by atoms with Gasteiger partial charge in [-0.05, 0) is 94.1 Å². The monoisotopic (exact) mass is 950 g/mol. The van der Waals surface area contributed by atoms with E-state index >= 15 is 0 Å². The van der Waals surface area contributed by atoms with Gasteiger partial charge in [-0.25, -0.2) is 0 Å². The Hall–Kier alpha value is -9.12. The maximum absolute atomic E-state index is 7.04. The molecule has 0 radical (unpaired) electrons. The smallest absolute Gasteiger partial charge is 0.159 e. The van der Waals surface area contributed by atoms with Gasteiger partial charge in [0.15, 0.2) is 11.2 Å². The maximum atomic E-state index is 7.04. The average molecular weight is 951 g/mol. The molecule has 12 aromatic carbocycles. The molecule has 2 aromatic heterocycles. The molecule has 0 bridgehead atoms. The van der Waals surface area contributed by atoms with Crippen LogP contribution in [0.2, 0.25) is 0 Å². The van der Waals surface area contributed by atoms with Crippen molar-refractivity contribution in [1.29, 1.82) is 0 Å². The van der Waals surface area contributed by atoms with E-state index < -0.39 is 0 Å². The van der Waals surface area contributed by atoms with E-state index in [1.54, 1.807) is 0 Å². The minimum atomic E-state index is 0.570. The predicted molar refractivity (Wildman–Crippen MR) is 311 cm³/mol. The summed E-state index contributed by atoms with van der Waals surface area (Å²) in [7, 11) is 0. The summed E-state index contributed by atoms with van der Waals surface area (Å²) < 4.78 is 14.1. The Morgan fingerprint density at radius 3 is 1.26 bits per heavy atom. The van der Waals surface area contributed by atoms with E-state index in [-0.39, 0.29) is 0 Å². The van der Waals surface area contributed by atoms with E-state index in [1.165, 1.54) is 59.2 Å². The average Bonchev–Trinajstić information content (AvgIpc) is 4.06. The zero-order chi connectivity index (χ0) is 48.7. The SMILES string of the molecule is c1ccc(-c2ccccc2N(c2cc(N(c3ccccc3-c3ccccc3)c3cccc4c3oc3ccccc34)c3ccc4cc(C5CCCCC5)cc5ccc2c3c54)c2cccc3c2oc2ccccc23)cc1. The minimum absolute atomic E-state index is 0.570. The highest BCUT2D eigenvalue weighted by atomic mass is 16.3. The van der Waals surface area contributed by atoms with Crippen LogP contribution < -0.4 is 9.80 Å². The molecule has 2 heterocycles. The molecule has 15 rings (SSSR count). The van der Waals surface area contributed by atoms with Gasteiger partial charge in [-0.1, -0.05) is 213 Å². The van der Waals surface area contributed by atoms with Gasteiger partial charge in [-0.3, -0.25) is 0 Å². The largest absolute Gasteiger partial charge is 0.454 e. The molecule has 352 valence electrons. The van der Waals surface area contributed by atoms with E-state index in [0.29, 0.717) is 5.92 Å². The molecule has 0 atom stereocenters. The molecule has 0 aliphatic heterocycles. The van der Waals surface area contributed by atoms with Crippen molar-refractivity contribution >= 4 is 110 Å². The van der Waals surface area contributed by atoms with Crippen LogP contribution in [0.1, 0.15) is 43.6 Å². The van der Waals surface area contributed by atoms with Gasteiger partial charge in [0.1, 0.15) is 11.2 Å². The van der Waals surface area contributed by atoms with Crippen LogP contribution in [0.5, 0.6) is 0 Å². The van der Waals surface area contributed by atoms with Gasteiger partial charge in [-0.15, -0.1) is 0 Å². The molecule has 14 aromatic rings. The molecule has 0 saturated heterocycles. The van der Waals surface area contributed by atoms with E-state index in [4.69, 9.17) is 8.83 Å². The van der Waals surface area contributed by atoms with Crippen molar-refractivity contribution in [1.82, 2.24) is 0 Å². The molecule has 0 spiro atoms. The van der Waals surface area contributed by atoms with E-state index in [0.717, 1.165) is 111 Å². The third-order valence-electron chi connectivity index (χ3n) is 16.0. The quantitative estimate of drug-likeness (QED) is 0.135. The van der Waals surface area contributed by atoms with Gasteiger partial charge < -0.3 is 18.6 Å². The fourth-order valence-corrected chi connectivity index (χ4v) is 12.6. The first-order chi connectivity index (χ1) is 36.7. The van der Waals surface area contributed by atoms with E-state index in [9.17, 15) is 0 Å². The lowest BCUT2D eigenvalue weighted by atomic mass is 9.82. The molecule has 1 aliphatic rings. The van der Waals surface area contributed by atoms with Gasteiger partial charge in [0.25, 0.3) is 0 Å². The first-order valence-electron chi connectivity index (χ1n) is 26.2. The molecule has 1 fully saturated rings. The lowest BCUT2D eigenvalue weighted by Gasteiger charge is -2.34. The van der Waals surface area contributed by atoms with Gasteiger partial charge in [0.2, 0.25) is 0 Å². The Kier molecular flexibility index (Phi) is 9.94. The summed E-state index contributed by atoms with van der Waals surface area (Å²) in [5, 5.41) is 11.7. The molecule has 1 aliphatic carbocycles. The fraction of sp³-hybridized carbons (Fsp3) is 0.0857. The second-order valence-electron chi connectivity index (χ2n) is 20.1. The summed E-state index contributed by atoms with van der Waals surface area (Å²) in [6, 6.07) is 86.4. The molecule has 0 unspecified atom stereocenters. The molecule has 74 heavy (non-hydrogen) atoms. The summed E-state index contributed by atoms with van der Waals surface area (Å²) in [6.07, 6.45) is 6.40. The van der Waals surface area contributed by atoms with Crippen LogP contribution in [0.25, 0.3) is 98.4 Å². The molecule has 1 saturated carbocycles. The normalized spacial score (nSPS) is 13.4. The summed E-state index contributed by atoms with van der Waals surface area (Å²) in [6.45, 7) is 0. The standard InChI is InChI=1S/C70H50N2O2/c1-4-20-45(21-5-1)50-42-48-38-40-57-63(71(59-32-14-10-26-51(59)46-22-6-2-7-23-46)61-34-18-30-55-53-28-12-16-36-65(53)73-69(55)61)44-64(58-41-39-49(43-50)67(48)68(57)58)72(60-33-15-11-27-52(60)47-24-8-3-9-25-47)62-35-19-31-56-54-29-13-17-37-66(54)74-70(56)62/h2-3,6-19,22-45H,1,4-5,20-21H2. The Morgan fingerprint density at radius 2 is 0.743 bits per heavy atom. The highest BCUT2D eigenvalue weighted by molar-refractivity contribution is 6.30. The van der Waals surface area contributed by atoms with Crippen LogP contribution in [0, 0.1) is 0 Å². The van der Waals surface area contributed by atoms with Crippen molar-refractivity contribution < 1.29 is 8.83 Å². The van der Waals surface area contributed by atoms with Crippen molar-refractivity contribution in [3.8, 4) is 22.3 Å². The van der Waals surface area contributed by atoms with Gasteiger partial charge in [0.05, 0.1) is 34.1 Å². The van der Waals surface area contributed by atoms with Crippen LogP contribution in [0.4, 0.5) is 34.1 Å². The zero-order valence-electron chi connectivity index (χ0n) is 40.8. The van der Waals surface area contributed by atoms with Crippen molar-refractivity contribution in [2.24, 2.45) is 0 Å². The molecular formula is C70H50N2O2. The third-order valence-corrected chi connectivity index (χ3v) is 16.0. The minimum Gasteiger partial charge on any atom is -0.454 e. The summed E-state index contributed by atoms with van der Waals surface area (Å²) in [4.78, 5) is 4.97. The molecule has 0 N–H and O–H groups in total. The summed E-state index contributed by atoms with van der Waals surface area (Å²) in [5.74, 6) is 0.570. The Bertz CT molecular complexity index is 4160. The molecular weight excluding hydrogens is 901 g/mol. The van der Waals surface area contributed by atoms with Crippen LogP contribution in [-0.2, 0) is 0 Å². The third kappa shape index (κ3) is 6.75. The van der Waals surface area contributed by atoms with Crippen molar-refractivity contribution in [3.63, 3.8) is 0 Å². The van der Waals surface area contributed by atoms with E-state index in [2.05, 4.69) is 246 Å². The number of anilines is 6. The predicted octanol–water partition coefficient (Wildman–Crippen LogP) is 20.7. The van der Waals surface area contributed by atoms with Gasteiger partial charge >= 0.3 is 0 Å². The first-order valence-corrected chi connectivity index (χ1v) is 26.2. The number of furan rings is 2. The zero-order valence-corrected chi connectivity index (χ0v) is 40.8. The van der Waals surface area contributed by atoms with Gasteiger partial charge in [0, 0.05) is 48.8 Å². The van der Waals surface area contributed by atoms with Crippen molar-refractivity contribution in [2.75, 3.05) is 9.80 Å². The van der Waals surface area contributed by atoms with Crippen LogP contribution >= 0.6 is 0 Å². The van der Waals surface area contributed by atoms with Gasteiger partial charge in [-0.2, -0.15) is 0 Å². The highest BCUT2D eigenvalue weighted by Crippen LogP contribution is 2.55. The number of fused-ring (bicyclic) bond motifs is 6. The second-order valence-corrected chi connectivity index (χ2v) is 20.1. The number of benzene rings is 12. The number of hydrogen-bond donors (Lipinski definition) is 0. The van der Waals surface area contributed by atoms with Crippen LogP contribution in [-0.4, -0.2) is 0 Å².